The van der Waals surface area contributed by atoms with Crippen molar-refractivity contribution >= 4 is 54.4 Å². The van der Waals surface area contributed by atoms with Crippen LogP contribution in [0, 0.1) is 17.3 Å². The summed E-state index contributed by atoms with van der Waals surface area (Å²) in [5.41, 5.74) is 7.41. The fourth-order valence-corrected chi connectivity index (χ4v) is 8.86. The molecule has 0 spiro atoms. The van der Waals surface area contributed by atoms with Crippen LogP contribution in [0.15, 0.2) is 108 Å². The third kappa shape index (κ3) is 14.5. The number of rotatable bonds is 24. The number of nitrogens with one attached hydrogen (secondary N) is 4. The Hall–Kier alpha value is -7.63. The predicted molar refractivity (Wildman–Crippen MR) is 281 cm³/mol. The lowest BCUT2D eigenvalue weighted by Gasteiger charge is -2.31. The molecule has 0 bridgehead atoms. The van der Waals surface area contributed by atoms with Crippen molar-refractivity contribution in [1.82, 2.24) is 25.0 Å². The van der Waals surface area contributed by atoms with E-state index in [-0.39, 0.29) is 47.9 Å². The minimum atomic E-state index is -0.846. The van der Waals surface area contributed by atoms with Gasteiger partial charge in [-0.25, -0.2) is 4.99 Å². The first-order chi connectivity index (χ1) is 34.6. The van der Waals surface area contributed by atoms with Gasteiger partial charge >= 0.3 is 0 Å². The fourth-order valence-electron chi connectivity index (χ4n) is 8.86. The number of carbonyl (C=O) groups is 5. The van der Waals surface area contributed by atoms with Gasteiger partial charge in [0.1, 0.15) is 12.1 Å². The number of aromatic nitrogens is 1. The molecule has 370 valence electrons. The number of aliphatic hydroxyl groups is 1. The Morgan fingerprint density at radius 2 is 1.55 bits per heavy atom. The standard InChI is InChI=1S/C57H66N8O6/c1-59-51(69)33-30-47(39-67)64(3)57(71)54-45(38-66)21-14-22-50(54)60-34-15-35-61-52(70)23-13-5-4-8-16-41-24-26-42(27-25-41)37-65-55(44-19-11-7-12-20-44)53(43-17-9-6-10-18-43)49(36-58)56(65)62-40-63(2)46-28-31-48(68)32-29-46/h6-7,9-12,14,17-22,24-27,36,38-40,46-48,58,60,68H,4-5,13,15,23,28-35,37H2,1-3H3,(H,59,69)(H,61,70)/b58-36?,62-40-. The van der Waals surface area contributed by atoms with Crippen LogP contribution in [0.2, 0.25) is 0 Å². The van der Waals surface area contributed by atoms with E-state index >= 15 is 0 Å². The lowest BCUT2D eigenvalue weighted by molar-refractivity contribution is -0.122. The molecule has 5 aromatic rings. The highest BCUT2D eigenvalue weighted by Crippen LogP contribution is 2.43. The minimum absolute atomic E-state index is 0.0572. The minimum Gasteiger partial charge on any atom is -0.393 e. The predicted octanol–water partition coefficient (Wildman–Crippen LogP) is 8.27. The number of hydrogen-bond donors (Lipinski definition) is 5. The molecule has 1 aromatic heterocycles. The largest absolute Gasteiger partial charge is 0.393 e. The number of aliphatic imine (C=N–C) groups is 1. The number of hydrogen-bond acceptors (Lipinski definition) is 9. The first-order valence-electron chi connectivity index (χ1n) is 24.5. The number of likely N-dealkylation sites (N-methyl/N-ethyl adjacent to an activating group) is 1. The van der Waals surface area contributed by atoms with Gasteiger partial charge < -0.3 is 45.6 Å². The van der Waals surface area contributed by atoms with Crippen LogP contribution in [0.5, 0.6) is 0 Å². The number of nitrogens with zero attached hydrogens (tertiary/aromatic N) is 4. The van der Waals surface area contributed by atoms with Crippen molar-refractivity contribution in [2.24, 2.45) is 4.99 Å². The molecule has 6 rings (SSSR count). The topological polar surface area (TPSA) is 189 Å². The number of carbonyl (C=O) groups excluding carboxylic acids is 5. The number of unbranched alkanes of at least 4 members (excludes halogenated alkanes) is 2. The Balaban J connectivity index is 1.02. The van der Waals surface area contributed by atoms with Gasteiger partial charge in [0.2, 0.25) is 11.8 Å². The highest BCUT2D eigenvalue weighted by Gasteiger charge is 2.27. The monoisotopic (exact) mass is 959 g/mol. The molecule has 0 saturated heterocycles. The third-order valence-corrected chi connectivity index (χ3v) is 13.0. The molecule has 4 aromatic carbocycles. The summed E-state index contributed by atoms with van der Waals surface area (Å²) in [4.78, 5) is 70.1. The van der Waals surface area contributed by atoms with Crippen LogP contribution in [0.4, 0.5) is 11.5 Å². The molecule has 1 atom stereocenters. The number of amides is 3. The van der Waals surface area contributed by atoms with Crippen LogP contribution in [0.25, 0.3) is 22.4 Å². The molecule has 1 aliphatic carbocycles. The van der Waals surface area contributed by atoms with Crippen molar-refractivity contribution in [1.29, 1.82) is 5.41 Å². The van der Waals surface area contributed by atoms with Crippen LogP contribution >= 0.6 is 0 Å². The van der Waals surface area contributed by atoms with Crippen molar-refractivity contribution < 1.29 is 29.1 Å². The zero-order chi connectivity index (χ0) is 50.5. The Morgan fingerprint density at radius 3 is 2.21 bits per heavy atom. The van der Waals surface area contributed by atoms with E-state index < -0.39 is 11.9 Å². The van der Waals surface area contributed by atoms with E-state index in [2.05, 4.69) is 73.7 Å². The molecule has 1 heterocycles. The van der Waals surface area contributed by atoms with Crippen LogP contribution < -0.4 is 16.0 Å². The average molecular weight is 959 g/mol. The smallest absolute Gasteiger partial charge is 0.257 e. The molecule has 1 unspecified atom stereocenters. The number of benzene rings is 4. The van der Waals surface area contributed by atoms with Crippen molar-refractivity contribution in [3.05, 3.63) is 131 Å². The Morgan fingerprint density at radius 1 is 0.845 bits per heavy atom. The molecular formula is C57H66N8O6. The van der Waals surface area contributed by atoms with Crippen LogP contribution in [0.3, 0.4) is 0 Å². The summed E-state index contributed by atoms with van der Waals surface area (Å²) in [6, 6.07) is 33.0. The van der Waals surface area contributed by atoms with Crippen LogP contribution in [-0.4, -0.2) is 115 Å². The van der Waals surface area contributed by atoms with Crippen LogP contribution in [-0.2, 0) is 20.9 Å². The average Bonchev–Trinajstić information content (AvgIpc) is 3.71. The van der Waals surface area contributed by atoms with E-state index in [1.165, 1.54) is 31.3 Å². The maximum atomic E-state index is 13.5. The van der Waals surface area contributed by atoms with Crippen molar-refractivity contribution in [3.63, 3.8) is 0 Å². The van der Waals surface area contributed by atoms with Crippen molar-refractivity contribution in [2.75, 3.05) is 39.5 Å². The summed E-state index contributed by atoms with van der Waals surface area (Å²) in [5.74, 6) is 6.42. The lowest BCUT2D eigenvalue weighted by Crippen LogP contribution is -2.39. The molecule has 1 saturated carbocycles. The second kappa shape index (κ2) is 26.9. The summed E-state index contributed by atoms with van der Waals surface area (Å²) < 4.78 is 2.21. The van der Waals surface area contributed by atoms with Gasteiger partial charge in [-0.2, -0.15) is 0 Å². The Kier molecular flexibility index (Phi) is 20.0. The molecule has 0 aliphatic heterocycles. The van der Waals surface area contributed by atoms with E-state index in [0.717, 1.165) is 71.2 Å². The highest BCUT2D eigenvalue weighted by atomic mass is 16.3. The SMILES string of the molecule is CNC(=O)CCC(C=O)N(C)C(=O)c1c(C=O)cccc1NCCCNC(=O)CCCCC#Cc1ccc(Cn2c(/N=C\N(C)C3CCC(O)CC3)c(C=N)c(-c3ccccc3)c2-c2ccccc2)cc1. The normalized spacial score (nSPS) is 14.6. The van der Waals surface area contributed by atoms with Gasteiger partial charge in [0.05, 0.1) is 29.7 Å². The fraction of sp³-hybridized carbons (Fsp3) is 0.351. The van der Waals surface area contributed by atoms with Crippen LogP contribution in [0.1, 0.15) is 108 Å². The third-order valence-electron chi connectivity index (χ3n) is 13.0. The molecule has 1 fully saturated rings. The van der Waals surface area contributed by atoms with Gasteiger partial charge in [-0.15, -0.1) is 0 Å². The van der Waals surface area contributed by atoms with Crippen molar-refractivity contribution in [3.8, 4) is 34.2 Å². The number of aliphatic hydroxyl groups excluding tert-OH is 1. The van der Waals surface area contributed by atoms with Crippen molar-refractivity contribution in [2.45, 2.75) is 95.4 Å². The van der Waals surface area contributed by atoms with E-state index in [0.29, 0.717) is 69.4 Å². The lowest BCUT2D eigenvalue weighted by atomic mass is 9.92. The van der Waals surface area contributed by atoms with Gasteiger partial charge in [0.25, 0.3) is 5.91 Å². The summed E-state index contributed by atoms with van der Waals surface area (Å²) in [6.45, 7) is 1.35. The molecule has 0 radical (unpaired) electrons. The summed E-state index contributed by atoms with van der Waals surface area (Å²) in [6.07, 6.45) is 10.9. The van der Waals surface area contributed by atoms with Gasteiger partial charge in [-0.3, -0.25) is 19.2 Å². The summed E-state index contributed by atoms with van der Waals surface area (Å²) in [7, 11) is 5.01. The molecule has 5 N–H and O–H groups in total. The highest BCUT2D eigenvalue weighted by molar-refractivity contribution is 6.07. The number of anilines is 1. The molecule has 3 amide bonds. The maximum Gasteiger partial charge on any atom is 0.257 e. The molecule has 71 heavy (non-hydrogen) atoms. The quantitative estimate of drug-likeness (QED) is 0.0134. The van der Waals surface area contributed by atoms with E-state index in [1.807, 2.05) is 61.9 Å². The van der Waals surface area contributed by atoms with Gasteiger partial charge in [0.15, 0.2) is 6.29 Å². The van der Waals surface area contributed by atoms with Gasteiger partial charge in [-0.1, -0.05) is 96.8 Å². The summed E-state index contributed by atoms with van der Waals surface area (Å²) >= 11 is 0. The second-order valence-corrected chi connectivity index (χ2v) is 17.9. The molecular weight excluding hydrogens is 893 g/mol. The second-order valence-electron chi connectivity index (χ2n) is 17.9. The molecule has 14 heteroatoms. The molecule has 14 nitrogen and oxygen atoms in total. The molecule has 1 aliphatic rings. The summed E-state index contributed by atoms with van der Waals surface area (Å²) in [5, 5.41) is 27.5. The number of aldehydes is 2. The first-order valence-corrected chi connectivity index (χ1v) is 24.5. The van der Waals surface area contributed by atoms with E-state index in [1.54, 1.807) is 12.1 Å². The van der Waals surface area contributed by atoms with Gasteiger partial charge in [0, 0.05) is 100 Å². The van der Waals surface area contributed by atoms with Gasteiger partial charge in [-0.05, 0) is 86.3 Å². The van der Waals surface area contributed by atoms with E-state index in [4.69, 9.17) is 10.4 Å². The maximum absolute atomic E-state index is 13.5. The Labute approximate surface area is 417 Å². The Bertz CT molecular complexity index is 2680. The van der Waals surface area contributed by atoms with E-state index in [9.17, 15) is 29.1 Å². The zero-order valence-electron chi connectivity index (χ0n) is 41.0. The first kappa shape index (κ1) is 52.7. The zero-order valence-corrected chi connectivity index (χ0v) is 41.0.